The van der Waals surface area contributed by atoms with E-state index < -0.39 is 30.4 Å². The third-order valence-electron chi connectivity index (χ3n) is 7.04. The van der Waals surface area contributed by atoms with E-state index in [9.17, 15) is 10.2 Å². The molecular formula is C24H24BrN5O3. The molecule has 2 aliphatic rings. The lowest BCUT2D eigenvalue weighted by molar-refractivity contribution is -0.0675. The highest BCUT2D eigenvalue weighted by Gasteiger charge is 2.61. The fourth-order valence-electron chi connectivity index (χ4n) is 5.28. The van der Waals surface area contributed by atoms with Gasteiger partial charge in [-0.15, -0.1) is 0 Å². The Balaban J connectivity index is 1.33. The van der Waals surface area contributed by atoms with Crippen molar-refractivity contribution in [2.75, 3.05) is 5.73 Å². The van der Waals surface area contributed by atoms with E-state index in [1.165, 1.54) is 6.33 Å². The molecule has 4 heterocycles. The summed E-state index contributed by atoms with van der Waals surface area (Å²) in [5.41, 5.74) is 7.47. The summed E-state index contributed by atoms with van der Waals surface area (Å²) in [5, 5.41) is 24.4. The van der Waals surface area contributed by atoms with Crippen LogP contribution in [0.15, 0.2) is 47.3 Å². The number of nitrogen functional groups attached to an aromatic ring is 1. The second-order valence-electron chi connectivity index (χ2n) is 8.98. The van der Waals surface area contributed by atoms with Gasteiger partial charge in [0.2, 0.25) is 0 Å². The zero-order chi connectivity index (χ0) is 23.8. The number of pyridine rings is 1. The maximum Gasteiger partial charge on any atom is 0.164 e. The van der Waals surface area contributed by atoms with E-state index in [0.29, 0.717) is 29.8 Å². The largest absolute Gasteiger partial charge is 0.385 e. The number of halogens is 1. The van der Waals surface area contributed by atoms with Gasteiger partial charge in [-0.1, -0.05) is 12.1 Å². The molecule has 2 unspecified atom stereocenters. The van der Waals surface area contributed by atoms with Crippen LogP contribution in [-0.2, 0) is 11.1 Å². The van der Waals surface area contributed by atoms with Crippen LogP contribution >= 0.6 is 15.9 Å². The first-order valence-corrected chi connectivity index (χ1v) is 11.7. The summed E-state index contributed by atoms with van der Waals surface area (Å²) in [6.07, 6.45) is 0.918. The molecular weight excluding hydrogens is 486 g/mol. The Kier molecular flexibility index (Phi) is 4.49. The van der Waals surface area contributed by atoms with Crippen molar-refractivity contribution in [1.29, 1.82) is 0 Å². The van der Waals surface area contributed by atoms with Crippen molar-refractivity contribution in [3.8, 4) is 0 Å². The molecule has 0 radical (unpaired) electrons. The van der Waals surface area contributed by atoms with Crippen molar-refractivity contribution in [2.24, 2.45) is 5.92 Å². The highest BCUT2D eigenvalue weighted by molar-refractivity contribution is 9.10. The first-order chi connectivity index (χ1) is 16.3. The highest BCUT2D eigenvalue weighted by Crippen LogP contribution is 2.50. The number of aromatic nitrogens is 4. The number of benzene rings is 1. The van der Waals surface area contributed by atoms with Gasteiger partial charge in [-0.2, -0.15) is 0 Å². The molecule has 6 rings (SSSR count). The molecule has 33 heavy (non-hydrogen) atoms. The second kappa shape index (κ2) is 7.46. The van der Waals surface area contributed by atoms with E-state index in [4.69, 9.17) is 11.8 Å². The lowest BCUT2D eigenvalue weighted by Crippen LogP contribution is -2.45. The summed E-state index contributed by atoms with van der Waals surface area (Å²) in [7, 11) is 0. The zero-order valence-electron chi connectivity index (χ0n) is 18.9. The molecule has 170 valence electrons. The van der Waals surface area contributed by atoms with Gasteiger partial charge in [0.25, 0.3) is 0 Å². The van der Waals surface area contributed by atoms with Crippen molar-refractivity contribution in [2.45, 2.75) is 50.2 Å². The van der Waals surface area contributed by atoms with E-state index in [-0.39, 0.29) is 5.92 Å². The summed E-state index contributed by atoms with van der Waals surface area (Å²) in [6.45, 7) is 1.90. The molecule has 0 spiro atoms. The lowest BCUT2D eigenvalue weighted by Gasteiger charge is -2.26. The van der Waals surface area contributed by atoms with Gasteiger partial charge in [0.15, 0.2) is 6.23 Å². The number of hydrogen-bond acceptors (Lipinski definition) is 7. The Bertz CT molecular complexity index is 1430. The van der Waals surface area contributed by atoms with Crippen LogP contribution in [0.25, 0.3) is 21.9 Å². The molecule has 8 nitrogen and oxygen atoms in total. The zero-order valence-corrected chi connectivity index (χ0v) is 19.5. The van der Waals surface area contributed by atoms with E-state index in [2.05, 4.69) is 30.9 Å². The molecule has 1 aliphatic heterocycles. The number of aliphatic hydroxyl groups is 2. The van der Waals surface area contributed by atoms with Crippen LogP contribution in [0.5, 0.6) is 0 Å². The molecule has 4 aromatic rings. The molecule has 0 amide bonds. The predicted octanol–water partition coefficient (Wildman–Crippen LogP) is 3.27. The molecule has 3 aromatic heterocycles. The number of anilines is 1. The summed E-state index contributed by atoms with van der Waals surface area (Å²) in [5.74, 6) is 0.0950. The van der Waals surface area contributed by atoms with Gasteiger partial charge in [0.05, 0.1) is 21.8 Å². The van der Waals surface area contributed by atoms with Crippen molar-refractivity contribution in [1.82, 2.24) is 19.5 Å². The number of hydrogen-bond donors (Lipinski definition) is 3. The Morgan fingerprint density at radius 1 is 1.33 bits per heavy atom. The van der Waals surface area contributed by atoms with Crippen LogP contribution < -0.4 is 5.73 Å². The van der Waals surface area contributed by atoms with Crippen molar-refractivity contribution in [3.63, 3.8) is 0 Å². The van der Waals surface area contributed by atoms with E-state index in [1.807, 2.05) is 37.3 Å². The average molecular weight is 511 g/mol. The van der Waals surface area contributed by atoms with Gasteiger partial charge in [0, 0.05) is 18.3 Å². The van der Waals surface area contributed by atoms with Gasteiger partial charge >= 0.3 is 0 Å². The Labute approximate surface area is 200 Å². The molecule has 2 fully saturated rings. The standard InChI is InChI=1S/C24H24BrN5O3/c1-12-16-5-7-30(22(16)28-11-27-12)23-19(31)24(32)6-4-15(20(24)33-23)8-13-2-3-14-10-17(25)21(26)29-18(14)9-13/h2-3,5,7,9-11,15,19-20,23,31-32H,4,6,8H2,1H3,(H2,26,29)/t15-,19?,20+,23+,24-/m0/s1/i8D/t8?,15-,19?,20+,23+,24-. The molecule has 4 N–H and O–H groups in total. The molecule has 1 aliphatic carbocycles. The maximum absolute atomic E-state index is 11.5. The predicted molar refractivity (Wildman–Crippen MR) is 127 cm³/mol. The van der Waals surface area contributed by atoms with Crippen LogP contribution in [-0.4, -0.2) is 47.5 Å². The van der Waals surface area contributed by atoms with E-state index >= 15 is 0 Å². The quantitative estimate of drug-likeness (QED) is 0.386. The highest BCUT2D eigenvalue weighted by atomic mass is 79.9. The van der Waals surface area contributed by atoms with E-state index in [0.717, 1.165) is 26.5 Å². The van der Waals surface area contributed by atoms with Crippen molar-refractivity contribution in [3.05, 3.63) is 58.6 Å². The van der Waals surface area contributed by atoms with E-state index in [1.54, 1.807) is 10.8 Å². The van der Waals surface area contributed by atoms with Crippen LogP contribution in [0.2, 0.25) is 0 Å². The number of ether oxygens (including phenoxy) is 1. The minimum Gasteiger partial charge on any atom is -0.385 e. The fraction of sp³-hybridized carbons (Fsp3) is 0.375. The Morgan fingerprint density at radius 3 is 3.03 bits per heavy atom. The smallest absolute Gasteiger partial charge is 0.164 e. The normalized spacial score (nSPS) is 30.6. The molecule has 1 aromatic carbocycles. The van der Waals surface area contributed by atoms with Gasteiger partial charge < -0.3 is 25.3 Å². The molecule has 1 saturated heterocycles. The average Bonchev–Trinajstić information content (AvgIpc) is 3.46. The second-order valence-corrected chi connectivity index (χ2v) is 9.83. The first kappa shape index (κ1) is 19.8. The van der Waals surface area contributed by atoms with Crippen LogP contribution in [0.1, 0.15) is 31.7 Å². The Hall–Kier alpha value is -2.59. The molecule has 9 heteroatoms. The summed E-state index contributed by atoms with van der Waals surface area (Å²) in [6, 6.07) is 9.49. The van der Waals surface area contributed by atoms with Gasteiger partial charge in [-0.05, 0) is 71.8 Å². The summed E-state index contributed by atoms with van der Waals surface area (Å²) < 4.78 is 17.8. The topological polar surface area (TPSA) is 119 Å². The summed E-state index contributed by atoms with van der Waals surface area (Å²) >= 11 is 3.40. The minimum absolute atomic E-state index is 0.298. The number of fused-ring (bicyclic) bond motifs is 3. The van der Waals surface area contributed by atoms with Crippen LogP contribution in [0.4, 0.5) is 5.82 Å². The maximum atomic E-state index is 11.5. The van der Waals surface area contributed by atoms with Gasteiger partial charge in [0.1, 0.15) is 29.5 Å². The summed E-state index contributed by atoms with van der Waals surface area (Å²) in [4.78, 5) is 13.0. The van der Waals surface area contributed by atoms with Gasteiger partial charge in [-0.3, -0.25) is 0 Å². The minimum atomic E-state index is -1.43. The fourth-order valence-corrected chi connectivity index (χ4v) is 5.62. The first-order valence-electron chi connectivity index (χ1n) is 11.5. The number of nitrogens with two attached hydrogens (primary N) is 1. The van der Waals surface area contributed by atoms with Crippen molar-refractivity contribution < 1.29 is 16.3 Å². The molecule has 6 atom stereocenters. The van der Waals surface area contributed by atoms with Crippen LogP contribution in [0, 0.1) is 12.8 Å². The van der Waals surface area contributed by atoms with Crippen LogP contribution in [0.3, 0.4) is 0 Å². The lowest BCUT2D eigenvalue weighted by atomic mass is 9.90. The monoisotopic (exact) mass is 510 g/mol. The van der Waals surface area contributed by atoms with Crippen molar-refractivity contribution >= 4 is 43.7 Å². The molecule has 1 saturated carbocycles. The number of aryl methyl sites for hydroxylation is 1. The number of aliphatic hydroxyl groups excluding tert-OH is 1. The Morgan fingerprint density at radius 2 is 2.18 bits per heavy atom. The molecule has 0 bridgehead atoms. The number of rotatable bonds is 3. The SMILES string of the molecule is [2H]C(c1ccc2cc(Br)c(N)nc2c1)[C@@H]1CC[C@]2(O)C(O)[C@H](n3ccc4c(C)ncnc43)O[C@H]12. The third kappa shape index (κ3) is 3.18. The van der Waals surface area contributed by atoms with Gasteiger partial charge in [-0.25, -0.2) is 15.0 Å². The third-order valence-corrected chi connectivity index (χ3v) is 7.67. The number of nitrogens with zero attached hydrogens (tertiary/aromatic N) is 4.